The topological polar surface area (TPSA) is 29.3 Å². The number of likely N-dealkylation sites (N-methyl/N-ethyl adjacent to an activating group) is 1. The van der Waals surface area contributed by atoms with E-state index in [4.69, 9.17) is 5.73 Å². The van der Waals surface area contributed by atoms with Gasteiger partial charge in [-0.15, -0.1) is 0 Å². The molecule has 0 radical (unpaired) electrons. The summed E-state index contributed by atoms with van der Waals surface area (Å²) in [5.74, 6) is 1.78. The highest BCUT2D eigenvalue weighted by molar-refractivity contribution is 4.92. The number of nitrogens with two attached hydrogens (primary N) is 1. The summed E-state index contributed by atoms with van der Waals surface area (Å²) in [6, 6.07) is 0. The Balaban J connectivity index is 1.77. The molecule has 17 heavy (non-hydrogen) atoms. The SMILES string of the molecule is CC1CCCC(N)(CN(C)CC2CCCC2)C1. The third-order valence-corrected chi connectivity index (χ3v) is 4.76. The van der Waals surface area contributed by atoms with Gasteiger partial charge in [0, 0.05) is 18.6 Å². The average molecular weight is 238 g/mol. The summed E-state index contributed by atoms with van der Waals surface area (Å²) in [6.45, 7) is 4.74. The lowest BCUT2D eigenvalue weighted by Crippen LogP contribution is -2.52. The molecule has 0 spiro atoms. The van der Waals surface area contributed by atoms with Crippen LogP contribution >= 0.6 is 0 Å². The van der Waals surface area contributed by atoms with E-state index in [1.165, 1.54) is 57.9 Å². The van der Waals surface area contributed by atoms with Crippen molar-refractivity contribution in [2.45, 2.75) is 63.8 Å². The molecule has 0 aromatic heterocycles. The van der Waals surface area contributed by atoms with E-state index in [0.29, 0.717) is 0 Å². The van der Waals surface area contributed by atoms with Crippen LogP contribution in [0.3, 0.4) is 0 Å². The van der Waals surface area contributed by atoms with E-state index in [9.17, 15) is 0 Å². The van der Waals surface area contributed by atoms with E-state index in [1.54, 1.807) is 0 Å². The van der Waals surface area contributed by atoms with Crippen molar-refractivity contribution in [2.75, 3.05) is 20.1 Å². The van der Waals surface area contributed by atoms with E-state index in [0.717, 1.165) is 18.4 Å². The minimum Gasteiger partial charge on any atom is -0.324 e. The molecule has 2 saturated carbocycles. The molecule has 2 fully saturated rings. The fraction of sp³-hybridized carbons (Fsp3) is 1.00. The molecule has 2 aliphatic rings. The molecule has 0 amide bonds. The van der Waals surface area contributed by atoms with Gasteiger partial charge < -0.3 is 10.6 Å². The van der Waals surface area contributed by atoms with Crippen LogP contribution in [0.2, 0.25) is 0 Å². The lowest BCUT2D eigenvalue weighted by molar-refractivity contribution is 0.156. The normalized spacial score (nSPS) is 35.6. The molecule has 2 heteroatoms. The van der Waals surface area contributed by atoms with Crippen LogP contribution in [0.5, 0.6) is 0 Å². The maximum atomic E-state index is 6.58. The van der Waals surface area contributed by atoms with Crippen LogP contribution in [0.1, 0.15) is 58.3 Å². The van der Waals surface area contributed by atoms with Gasteiger partial charge in [-0.2, -0.15) is 0 Å². The van der Waals surface area contributed by atoms with Crippen molar-refractivity contribution in [1.29, 1.82) is 0 Å². The van der Waals surface area contributed by atoms with Crippen LogP contribution in [0, 0.1) is 11.8 Å². The Labute approximate surface area is 107 Å². The van der Waals surface area contributed by atoms with E-state index >= 15 is 0 Å². The second-order valence-corrected chi connectivity index (χ2v) is 6.91. The van der Waals surface area contributed by atoms with Crippen LogP contribution in [-0.2, 0) is 0 Å². The maximum Gasteiger partial charge on any atom is 0.0285 e. The molecule has 2 unspecified atom stereocenters. The lowest BCUT2D eigenvalue weighted by atomic mass is 9.77. The van der Waals surface area contributed by atoms with Gasteiger partial charge in [-0.1, -0.05) is 32.6 Å². The highest BCUT2D eigenvalue weighted by Gasteiger charge is 2.32. The van der Waals surface area contributed by atoms with Crippen LogP contribution < -0.4 is 5.73 Å². The summed E-state index contributed by atoms with van der Waals surface area (Å²) < 4.78 is 0. The van der Waals surface area contributed by atoms with Crippen molar-refractivity contribution in [1.82, 2.24) is 4.90 Å². The summed E-state index contributed by atoms with van der Waals surface area (Å²) in [4.78, 5) is 2.51. The van der Waals surface area contributed by atoms with Gasteiger partial charge in [0.1, 0.15) is 0 Å². The Bertz CT molecular complexity index is 235. The molecular weight excluding hydrogens is 208 g/mol. The van der Waals surface area contributed by atoms with E-state index < -0.39 is 0 Å². The number of rotatable bonds is 4. The molecule has 0 aromatic rings. The van der Waals surface area contributed by atoms with Crippen molar-refractivity contribution in [2.24, 2.45) is 17.6 Å². The fourth-order valence-electron chi connectivity index (χ4n) is 4.08. The quantitative estimate of drug-likeness (QED) is 0.816. The Morgan fingerprint density at radius 2 is 1.88 bits per heavy atom. The predicted octanol–water partition coefficient (Wildman–Crippen LogP) is 3.02. The summed E-state index contributed by atoms with van der Waals surface area (Å²) in [6.07, 6.45) is 10.9. The van der Waals surface area contributed by atoms with E-state index in [-0.39, 0.29) is 5.54 Å². The molecule has 0 aromatic carbocycles. The Kier molecular flexibility index (Phi) is 4.48. The largest absolute Gasteiger partial charge is 0.324 e. The first-order chi connectivity index (χ1) is 8.07. The summed E-state index contributed by atoms with van der Waals surface area (Å²) in [5.41, 5.74) is 6.69. The van der Waals surface area contributed by atoms with Crippen LogP contribution in [-0.4, -0.2) is 30.6 Å². The van der Waals surface area contributed by atoms with E-state index in [1.807, 2.05) is 0 Å². The molecule has 2 rings (SSSR count). The predicted molar refractivity (Wildman–Crippen MR) is 74.0 cm³/mol. The highest BCUT2D eigenvalue weighted by atomic mass is 15.1. The van der Waals surface area contributed by atoms with Crippen LogP contribution in [0.25, 0.3) is 0 Å². The van der Waals surface area contributed by atoms with Crippen molar-refractivity contribution in [3.8, 4) is 0 Å². The van der Waals surface area contributed by atoms with Crippen LogP contribution in [0.15, 0.2) is 0 Å². The minimum atomic E-state index is 0.102. The van der Waals surface area contributed by atoms with Crippen molar-refractivity contribution in [3.63, 3.8) is 0 Å². The fourth-order valence-corrected chi connectivity index (χ4v) is 4.08. The van der Waals surface area contributed by atoms with Crippen molar-refractivity contribution in [3.05, 3.63) is 0 Å². The highest BCUT2D eigenvalue weighted by Crippen LogP contribution is 2.31. The maximum absolute atomic E-state index is 6.58. The van der Waals surface area contributed by atoms with Gasteiger partial charge >= 0.3 is 0 Å². The van der Waals surface area contributed by atoms with E-state index in [2.05, 4.69) is 18.9 Å². The molecule has 0 saturated heterocycles. The van der Waals surface area contributed by atoms with Gasteiger partial charge in [0.25, 0.3) is 0 Å². The summed E-state index contributed by atoms with van der Waals surface area (Å²) in [5, 5.41) is 0. The van der Waals surface area contributed by atoms with Gasteiger partial charge in [-0.3, -0.25) is 0 Å². The first kappa shape index (κ1) is 13.4. The number of hydrogen-bond donors (Lipinski definition) is 1. The van der Waals surface area contributed by atoms with Crippen molar-refractivity contribution < 1.29 is 0 Å². The summed E-state index contributed by atoms with van der Waals surface area (Å²) >= 11 is 0. The smallest absolute Gasteiger partial charge is 0.0285 e. The second kappa shape index (κ2) is 5.71. The summed E-state index contributed by atoms with van der Waals surface area (Å²) in [7, 11) is 2.27. The first-order valence-electron chi connectivity index (χ1n) is 7.55. The molecule has 0 heterocycles. The molecular formula is C15H30N2. The standard InChI is InChI=1S/C15H30N2/c1-13-6-5-9-15(16,10-13)12-17(2)11-14-7-3-4-8-14/h13-14H,3-12,16H2,1-2H3. The average Bonchev–Trinajstić information content (AvgIpc) is 2.68. The molecule has 100 valence electrons. The van der Waals surface area contributed by atoms with Gasteiger partial charge in [-0.05, 0) is 44.6 Å². The Morgan fingerprint density at radius 1 is 1.18 bits per heavy atom. The monoisotopic (exact) mass is 238 g/mol. The first-order valence-corrected chi connectivity index (χ1v) is 7.55. The zero-order valence-corrected chi connectivity index (χ0v) is 11.8. The van der Waals surface area contributed by atoms with Gasteiger partial charge in [0.2, 0.25) is 0 Å². The number of hydrogen-bond acceptors (Lipinski definition) is 2. The van der Waals surface area contributed by atoms with Gasteiger partial charge in [0.05, 0.1) is 0 Å². The molecule has 2 nitrogen and oxygen atoms in total. The molecule has 2 atom stereocenters. The lowest BCUT2D eigenvalue weighted by Gasteiger charge is -2.40. The van der Waals surface area contributed by atoms with Gasteiger partial charge in [0.15, 0.2) is 0 Å². The zero-order chi connectivity index (χ0) is 12.3. The van der Waals surface area contributed by atoms with Gasteiger partial charge in [-0.25, -0.2) is 0 Å². The molecule has 2 N–H and O–H groups in total. The number of nitrogens with zero attached hydrogens (tertiary/aromatic N) is 1. The Morgan fingerprint density at radius 3 is 2.53 bits per heavy atom. The zero-order valence-electron chi connectivity index (χ0n) is 11.8. The Hall–Kier alpha value is -0.0800. The van der Waals surface area contributed by atoms with Crippen LogP contribution in [0.4, 0.5) is 0 Å². The third kappa shape index (κ3) is 3.96. The minimum absolute atomic E-state index is 0.102. The second-order valence-electron chi connectivity index (χ2n) is 6.91. The van der Waals surface area contributed by atoms with Crippen molar-refractivity contribution >= 4 is 0 Å². The molecule has 0 aliphatic heterocycles. The molecule has 2 aliphatic carbocycles. The molecule has 0 bridgehead atoms. The third-order valence-electron chi connectivity index (χ3n) is 4.76.